The van der Waals surface area contributed by atoms with Crippen LogP contribution in [0.15, 0.2) is 70.8 Å². The monoisotopic (exact) mass is 630 g/mol. The molecule has 2 heterocycles. The summed E-state index contributed by atoms with van der Waals surface area (Å²) in [6.45, 7) is 0.272. The molecule has 42 heavy (non-hydrogen) atoms. The van der Waals surface area contributed by atoms with Crippen molar-refractivity contribution in [1.29, 1.82) is 0 Å². The molecule has 0 radical (unpaired) electrons. The summed E-state index contributed by atoms with van der Waals surface area (Å²) in [5.41, 5.74) is 15.0. The van der Waals surface area contributed by atoms with Gasteiger partial charge in [0.05, 0.1) is 5.02 Å². The summed E-state index contributed by atoms with van der Waals surface area (Å²) < 4.78 is 0. The molecule has 0 bridgehead atoms. The highest BCUT2D eigenvalue weighted by Crippen LogP contribution is 2.38. The zero-order valence-electron chi connectivity index (χ0n) is 22.5. The van der Waals surface area contributed by atoms with Crippen LogP contribution in [0.1, 0.15) is 16.7 Å². The van der Waals surface area contributed by atoms with Crippen molar-refractivity contribution in [2.75, 3.05) is 13.3 Å². The fourth-order valence-electron chi connectivity index (χ4n) is 4.37. The van der Waals surface area contributed by atoms with Gasteiger partial charge in [-0.05, 0) is 41.0 Å². The highest BCUT2D eigenvalue weighted by molar-refractivity contribution is 7.99. The zero-order valence-corrected chi connectivity index (χ0v) is 24.9. The van der Waals surface area contributed by atoms with Crippen molar-refractivity contribution in [3.63, 3.8) is 0 Å². The number of pyridine rings is 1. The van der Waals surface area contributed by atoms with Gasteiger partial charge in [-0.15, -0.1) is 0 Å². The minimum absolute atomic E-state index is 0.0312. The van der Waals surface area contributed by atoms with Gasteiger partial charge in [0.2, 0.25) is 11.8 Å². The summed E-state index contributed by atoms with van der Waals surface area (Å²) in [4.78, 5) is 39.6. The number of hydrogen-bond donors (Lipinski definition) is 7. The first-order chi connectivity index (χ1) is 20.3. The number of carbonyl (C=O) groups excluding carboxylic acids is 2. The largest absolute Gasteiger partial charge is 0.361 e. The van der Waals surface area contributed by atoms with Gasteiger partial charge < -0.3 is 27.1 Å². The van der Waals surface area contributed by atoms with E-state index in [0.29, 0.717) is 32.1 Å². The van der Waals surface area contributed by atoms with Crippen LogP contribution in [0.3, 0.4) is 0 Å². The van der Waals surface area contributed by atoms with E-state index in [9.17, 15) is 9.59 Å². The van der Waals surface area contributed by atoms with Gasteiger partial charge in [0, 0.05) is 59.3 Å². The number of para-hydroxylation sites is 1. The molecular weight excluding hydrogens is 599 g/mol. The molecule has 2 aromatic carbocycles. The summed E-state index contributed by atoms with van der Waals surface area (Å²) in [7, 11) is 0. The van der Waals surface area contributed by atoms with E-state index in [2.05, 4.69) is 30.8 Å². The van der Waals surface area contributed by atoms with E-state index in [1.54, 1.807) is 18.3 Å². The lowest BCUT2D eigenvalue weighted by molar-refractivity contribution is -0.130. The Kier molecular flexibility index (Phi) is 11.6. The lowest BCUT2D eigenvalue weighted by Crippen LogP contribution is -2.55. The molecule has 2 aromatic heterocycles. The number of nitrogens with zero attached hydrogens (tertiary/aromatic N) is 1. The van der Waals surface area contributed by atoms with Crippen LogP contribution in [0.25, 0.3) is 10.9 Å². The van der Waals surface area contributed by atoms with Crippen molar-refractivity contribution in [2.24, 2.45) is 17.4 Å². The van der Waals surface area contributed by atoms with Crippen LogP contribution in [0, 0.1) is 0 Å². The molecule has 2 atom stereocenters. The number of hydrogen-bond acceptors (Lipinski definition) is 9. The smallest absolute Gasteiger partial charge is 0.243 e. The van der Waals surface area contributed by atoms with Gasteiger partial charge in [-0.1, -0.05) is 59.2 Å². The second-order valence-electron chi connectivity index (χ2n) is 9.30. The summed E-state index contributed by atoms with van der Waals surface area (Å²) in [6.07, 6.45) is 3.72. The first-order valence-electron chi connectivity index (χ1n) is 13.0. The Morgan fingerprint density at radius 3 is 2.60 bits per heavy atom. The van der Waals surface area contributed by atoms with Crippen molar-refractivity contribution in [2.45, 2.75) is 41.5 Å². The Hall–Kier alpha value is -3.20. The van der Waals surface area contributed by atoms with Gasteiger partial charge in [-0.25, -0.2) is 10.9 Å². The van der Waals surface area contributed by atoms with Crippen molar-refractivity contribution in [3.8, 4) is 0 Å². The molecule has 0 aliphatic heterocycles. The fourth-order valence-corrected chi connectivity index (χ4v) is 6.03. The van der Waals surface area contributed by atoms with Crippen molar-refractivity contribution >= 4 is 57.7 Å². The maximum absolute atomic E-state index is 13.6. The number of H-pyrrole nitrogens is 1. The van der Waals surface area contributed by atoms with Crippen molar-refractivity contribution in [1.82, 2.24) is 25.9 Å². The zero-order chi connectivity index (χ0) is 30.1. The standard InChI is InChI=1S/C28H32Cl2N8O3S/c29-19-8-18(25(21(30)10-19)42-28-16(11-31)4-3-7-34-28)14-36-26(39)23(38-27(40)24(12-32)37-15-41-33)9-17-13-35-22-6-2-1-5-20(17)22/h1-8,10,13,23-24,35,37H,9,11-12,14-15,31-33H2,(H,36,39)(H,38,40)/t23-,24-/m0/s1. The number of benzene rings is 2. The summed E-state index contributed by atoms with van der Waals surface area (Å²) >= 11 is 14.3. The SMILES string of the molecule is NCc1cccnc1Sc1c(Cl)cc(Cl)cc1CNC(=O)[C@H](Cc1c[nH]c2ccccc12)NC(=O)[C@H](CN)NCON. The predicted octanol–water partition coefficient (Wildman–Crippen LogP) is 2.59. The molecule has 4 rings (SSSR count). The average molecular weight is 632 g/mol. The van der Waals surface area contributed by atoms with Gasteiger partial charge in [0.15, 0.2) is 0 Å². The molecule has 0 saturated carbocycles. The molecule has 0 aliphatic rings. The van der Waals surface area contributed by atoms with E-state index in [1.165, 1.54) is 11.8 Å². The highest BCUT2D eigenvalue weighted by atomic mass is 35.5. The Morgan fingerprint density at radius 2 is 1.83 bits per heavy atom. The molecular formula is C28H32Cl2N8O3S. The Bertz CT molecular complexity index is 1540. The van der Waals surface area contributed by atoms with Gasteiger partial charge >= 0.3 is 0 Å². The molecule has 222 valence electrons. The van der Waals surface area contributed by atoms with Gasteiger partial charge in [0.25, 0.3) is 0 Å². The Labute approximate surface area is 257 Å². The number of nitrogens with two attached hydrogens (primary N) is 3. The number of amides is 2. The quantitative estimate of drug-likeness (QED) is 0.0811. The molecule has 0 aliphatic carbocycles. The lowest BCUT2D eigenvalue weighted by atomic mass is 10.0. The van der Waals surface area contributed by atoms with Crippen LogP contribution in [0.4, 0.5) is 0 Å². The van der Waals surface area contributed by atoms with E-state index in [-0.39, 0.29) is 26.2 Å². The predicted molar refractivity (Wildman–Crippen MR) is 165 cm³/mol. The second-order valence-corrected chi connectivity index (χ2v) is 11.1. The topological polar surface area (TPSA) is 186 Å². The number of nitrogens with one attached hydrogen (secondary N) is 4. The average Bonchev–Trinajstić information content (AvgIpc) is 3.40. The minimum atomic E-state index is -0.934. The molecule has 0 spiro atoms. The van der Waals surface area contributed by atoms with Gasteiger partial charge in [0.1, 0.15) is 23.8 Å². The number of carbonyl (C=O) groups is 2. The number of halogens is 2. The van der Waals surface area contributed by atoms with Crippen LogP contribution in [-0.4, -0.2) is 47.1 Å². The van der Waals surface area contributed by atoms with E-state index in [1.807, 2.05) is 42.6 Å². The molecule has 14 heteroatoms. The normalized spacial score (nSPS) is 12.7. The maximum Gasteiger partial charge on any atom is 0.243 e. The fraction of sp³-hybridized carbons (Fsp3) is 0.250. The summed E-state index contributed by atoms with van der Waals surface area (Å²) in [6, 6.07) is 13.0. The third kappa shape index (κ3) is 8.00. The van der Waals surface area contributed by atoms with E-state index in [4.69, 9.17) is 40.6 Å². The van der Waals surface area contributed by atoms with Crippen molar-refractivity contribution in [3.05, 3.63) is 87.7 Å². The number of fused-ring (bicyclic) bond motifs is 1. The Morgan fingerprint density at radius 1 is 1.02 bits per heavy atom. The van der Waals surface area contributed by atoms with E-state index in [0.717, 1.165) is 22.0 Å². The molecule has 0 fully saturated rings. The van der Waals surface area contributed by atoms with Crippen LogP contribution >= 0.6 is 35.0 Å². The van der Waals surface area contributed by atoms with E-state index < -0.39 is 23.9 Å². The molecule has 0 saturated heterocycles. The number of rotatable bonds is 14. The van der Waals surface area contributed by atoms with Gasteiger partial charge in [-0.3, -0.25) is 19.7 Å². The highest BCUT2D eigenvalue weighted by Gasteiger charge is 2.26. The van der Waals surface area contributed by atoms with Crippen LogP contribution in [0.2, 0.25) is 10.0 Å². The summed E-state index contributed by atoms with van der Waals surface area (Å²) in [5.74, 6) is 4.20. The third-order valence-corrected chi connectivity index (χ3v) is 8.38. The van der Waals surface area contributed by atoms with Crippen LogP contribution in [0.5, 0.6) is 0 Å². The first-order valence-corrected chi connectivity index (χ1v) is 14.6. The third-order valence-electron chi connectivity index (χ3n) is 6.50. The maximum atomic E-state index is 13.6. The first kappa shape index (κ1) is 31.7. The number of aromatic nitrogens is 2. The second kappa shape index (κ2) is 15.3. The van der Waals surface area contributed by atoms with Crippen LogP contribution in [-0.2, 0) is 33.9 Å². The lowest BCUT2D eigenvalue weighted by Gasteiger charge is -2.22. The summed E-state index contributed by atoms with van der Waals surface area (Å²) in [5, 5.41) is 11.0. The number of aromatic amines is 1. The van der Waals surface area contributed by atoms with Gasteiger partial charge in [-0.2, -0.15) is 0 Å². The molecule has 0 unspecified atom stereocenters. The molecule has 4 aromatic rings. The minimum Gasteiger partial charge on any atom is -0.361 e. The molecule has 10 N–H and O–H groups in total. The molecule has 11 nitrogen and oxygen atoms in total. The van der Waals surface area contributed by atoms with Crippen molar-refractivity contribution < 1.29 is 14.4 Å². The molecule has 2 amide bonds. The van der Waals surface area contributed by atoms with Crippen LogP contribution < -0.4 is 33.3 Å². The Balaban J connectivity index is 1.57. The van der Waals surface area contributed by atoms with E-state index >= 15 is 0 Å².